The second kappa shape index (κ2) is 20.1. The number of ether oxygens (including phenoxy) is 4. The molecule has 12 nitrogen and oxygen atoms in total. The van der Waals surface area contributed by atoms with Crippen LogP contribution in [0, 0.1) is 11.8 Å². The largest absolute Gasteiger partial charge is 0.586 e. The number of nitrogens with zero attached hydrogens (tertiary/aromatic N) is 4. The van der Waals surface area contributed by atoms with Gasteiger partial charge in [0.1, 0.15) is 5.82 Å². The number of alkyl halides is 6. The van der Waals surface area contributed by atoms with Crippen molar-refractivity contribution in [2.75, 3.05) is 16.4 Å². The Hall–Kier alpha value is -4.09. The summed E-state index contributed by atoms with van der Waals surface area (Å²) in [4.78, 5) is 38.8. The number of nitrogens with two attached hydrogens (primary N) is 1. The molecule has 2 saturated carbocycles. The van der Waals surface area contributed by atoms with E-state index in [1.807, 2.05) is 0 Å². The van der Waals surface area contributed by atoms with Crippen LogP contribution in [-0.2, 0) is 9.59 Å². The van der Waals surface area contributed by atoms with E-state index in [0.29, 0.717) is 28.3 Å². The van der Waals surface area contributed by atoms with Crippen LogP contribution in [-0.4, -0.2) is 49.0 Å². The zero-order valence-electron chi connectivity index (χ0n) is 28.9. The van der Waals surface area contributed by atoms with E-state index in [2.05, 4.69) is 44.2 Å². The summed E-state index contributed by atoms with van der Waals surface area (Å²) in [5.41, 5.74) is 6.93. The number of carbonyl (C=O) groups excluding carboxylic acids is 2. The Morgan fingerprint density at radius 1 is 0.684 bits per heavy atom. The molecule has 57 heavy (non-hydrogen) atoms. The van der Waals surface area contributed by atoms with E-state index in [1.165, 1.54) is 61.9 Å². The summed E-state index contributed by atoms with van der Waals surface area (Å²) in [6.45, 7) is 0. The molecular weight excluding hydrogens is 866 g/mol. The molecule has 308 valence electrons. The molecule has 4 aliphatic rings. The molecule has 0 atom stereocenters. The highest BCUT2D eigenvalue weighted by Crippen LogP contribution is 2.47. The summed E-state index contributed by atoms with van der Waals surface area (Å²) < 4.78 is 69.6. The van der Waals surface area contributed by atoms with E-state index in [1.54, 1.807) is 0 Å². The fourth-order valence-electron chi connectivity index (χ4n) is 5.91. The van der Waals surface area contributed by atoms with Gasteiger partial charge in [0.15, 0.2) is 28.8 Å². The van der Waals surface area contributed by atoms with Crippen molar-refractivity contribution in [2.24, 2.45) is 11.8 Å². The molecule has 0 unspecified atom stereocenters. The molecule has 8 rings (SSSR count). The van der Waals surface area contributed by atoms with Crippen LogP contribution in [0.3, 0.4) is 0 Å². The number of aromatic nitrogens is 4. The van der Waals surface area contributed by atoms with Crippen LogP contribution in [0.5, 0.6) is 23.0 Å². The zero-order valence-corrected chi connectivity index (χ0v) is 32.6. The lowest BCUT2D eigenvalue weighted by Crippen LogP contribution is -2.25. The molecule has 0 saturated heterocycles. The Morgan fingerprint density at radius 2 is 1.09 bits per heavy atom. The molecule has 0 bridgehead atoms. The molecule has 3 N–H and O–H groups in total. The number of benzene rings is 2. The molecule has 4 aromatic rings. The second-order valence-electron chi connectivity index (χ2n) is 12.4. The molecule has 2 fully saturated rings. The first-order chi connectivity index (χ1) is 26.6. The molecule has 4 heterocycles. The van der Waals surface area contributed by atoms with Crippen molar-refractivity contribution in [3.05, 3.63) is 59.1 Å². The number of rotatable bonds is 5. The average Bonchev–Trinajstić information content (AvgIpc) is 3.96. The van der Waals surface area contributed by atoms with Gasteiger partial charge in [-0.25, -0.2) is 9.97 Å². The van der Waals surface area contributed by atoms with Crippen molar-refractivity contribution in [3.63, 3.8) is 0 Å². The molecule has 21 heteroatoms. The lowest BCUT2D eigenvalue weighted by atomic mass is 10.1. The van der Waals surface area contributed by atoms with Gasteiger partial charge in [0.2, 0.25) is 11.1 Å². The minimum atomic E-state index is -3.72. The van der Waals surface area contributed by atoms with Crippen LogP contribution >= 0.6 is 58.0 Å². The smallest absolute Gasteiger partial charge is 0.395 e. The molecule has 1 amide bonds. The maximum atomic E-state index is 13.1. The highest BCUT2D eigenvalue weighted by molar-refractivity contribution is 6.64. The lowest BCUT2D eigenvalue weighted by molar-refractivity contribution is -0.287. The van der Waals surface area contributed by atoms with E-state index in [9.17, 15) is 27.2 Å². The maximum absolute atomic E-state index is 13.1. The van der Waals surface area contributed by atoms with E-state index >= 15 is 0 Å². The number of fused-ring (bicyclic) bond motifs is 2. The molecule has 2 aliphatic heterocycles. The quantitative estimate of drug-likeness (QED) is 0.111. The fourth-order valence-corrected chi connectivity index (χ4v) is 6.63. The van der Waals surface area contributed by atoms with Gasteiger partial charge in [0, 0.05) is 35.1 Å². The highest BCUT2D eigenvalue weighted by Gasteiger charge is 2.45. The van der Waals surface area contributed by atoms with Gasteiger partial charge < -0.3 is 30.0 Å². The molecule has 0 radical (unpaired) electrons. The third kappa shape index (κ3) is 12.5. The molecule has 2 aromatic carbocycles. The normalized spacial score (nSPS) is 16.8. The molecule has 0 spiro atoms. The monoisotopic (exact) mass is 898 g/mol. The van der Waals surface area contributed by atoms with Gasteiger partial charge in [-0.3, -0.25) is 19.6 Å². The van der Waals surface area contributed by atoms with E-state index in [-0.39, 0.29) is 74.6 Å². The molecular formula is C36H35Cl5F4N6O6. The highest BCUT2D eigenvalue weighted by atomic mass is 35.5. The maximum Gasteiger partial charge on any atom is 0.586 e. The standard InChI is InChI=1S/C17H14ClF2N3O3.C11H6ClF2N3O2.C6H9ClO.CH2Cl2.CH4/c18-11-6-14-13(25-17(19,20)26-14)5-10(11)12-7-22-15(8-21-12)23-16(24)9-3-1-2-4-9;12-6-2-9-8(18-11(13,14)19-9)1-5(6)7-3-17-10(15)4-16-7;7-6(8)5-3-1-2-4-5;2-1-3;/h5-9H,1-4H2,(H,22,23,24);1-4H,(H2,15,17);5H,1-4H2;1H2;1H4. The Morgan fingerprint density at radius 3 is 1.46 bits per heavy atom. The summed E-state index contributed by atoms with van der Waals surface area (Å²) in [6.07, 6.45) is 6.42. The third-order valence-corrected chi connectivity index (χ3v) is 9.44. The van der Waals surface area contributed by atoms with E-state index < -0.39 is 12.6 Å². The lowest BCUT2D eigenvalue weighted by Gasteiger charge is -2.10. The number of nitrogen functional groups attached to an aromatic ring is 1. The number of hydrogen-bond acceptors (Lipinski definition) is 11. The van der Waals surface area contributed by atoms with Crippen LogP contribution in [0.2, 0.25) is 10.0 Å². The molecule has 2 aliphatic carbocycles. The number of nitrogens with one attached hydrogen (secondary N) is 1. The SMILES string of the molecule is C.ClCCl.Nc1cnc(-c2cc3c(cc2Cl)OC(F)(F)O3)cn1.O=C(Cl)C1CCCC1.O=C(Nc1cnc(-c2cc3c(cc2Cl)OC(F)(F)O3)cn1)C1CCCC1. The average molecular weight is 901 g/mol. The predicted octanol–water partition coefficient (Wildman–Crippen LogP) is 10.9. The first-order valence-corrected chi connectivity index (χ1v) is 19.0. The van der Waals surface area contributed by atoms with Crippen LogP contribution < -0.4 is 30.0 Å². The predicted molar refractivity (Wildman–Crippen MR) is 208 cm³/mol. The van der Waals surface area contributed by atoms with Crippen molar-refractivity contribution in [1.29, 1.82) is 0 Å². The van der Waals surface area contributed by atoms with Crippen molar-refractivity contribution in [1.82, 2.24) is 19.9 Å². The van der Waals surface area contributed by atoms with Crippen molar-refractivity contribution < 1.29 is 46.1 Å². The van der Waals surface area contributed by atoms with E-state index in [0.717, 1.165) is 38.5 Å². The van der Waals surface area contributed by atoms with Gasteiger partial charge in [0.25, 0.3) is 0 Å². The van der Waals surface area contributed by atoms with Gasteiger partial charge in [-0.15, -0.1) is 40.8 Å². The van der Waals surface area contributed by atoms with Gasteiger partial charge in [-0.1, -0.05) is 56.3 Å². The topological polar surface area (TPSA) is 161 Å². The Bertz CT molecular complexity index is 2010. The minimum Gasteiger partial charge on any atom is -0.395 e. The minimum absolute atomic E-state index is 0. The van der Waals surface area contributed by atoms with Gasteiger partial charge in [0.05, 0.1) is 51.6 Å². The third-order valence-electron chi connectivity index (χ3n) is 8.51. The number of halogens is 9. The van der Waals surface area contributed by atoms with Crippen molar-refractivity contribution in [2.45, 2.75) is 71.4 Å². The Kier molecular flexibility index (Phi) is 16.0. The number of anilines is 2. The summed E-state index contributed by atoms with van der Waals surface area (Å²) in [7, 11) is 0. The molecule has 2 aromatic heterocycles. The fraction of sp³-hybridized carbons (Fsp3) is 0.389. The number of hydrogen-bond donors (Lipinski definition) is 2. The summed E-state index contributed by atoms with van der Waals surface area (Å²) in [5, 5.41) is 3.16. The van der Waals surface area contributed by atoms with Crippen LogP contribution in [0.25, 0.3) is 22.5 Å². The number of amides is 1. The van der Waals surface area contributed by atoms with Gasteiger partial charge >= 0.3 is 12.6 Å². The van der Waals surface area contributed by atoms with E-state index in [4.69, 9.17) is 63.7 Å². The number of carbonyl (C=O) groups is 2. The summed E-state index contributed by atoms with van der Waals surface area (Å²) >= 11 is 26.9. The second-order valence-corrected chi connectivity index (χ2v) is 14.4. The summed E-state index contributed by atoms with van der Waals surface area (Å²) in [6, 6.07) is 5.12. The van der Waals surface area contributed by atoms with Gasteiger partial charge in [-0.05, 0) is 49.4 Å². The Balaban J connectivity index is 0.000000203. The van der Waals surface area contributed by atoms with Crippen molar-refractivity contribution in [3.8, 4) is 45.5 Å². The van der Waals surface area contributed by atoms with Crippen molar-refractivity contribution >= 4 is 80.8 Å². The first kappa shape index (κ1) is 45.6. The Labute approximate surface area is 349 Å². The van der Waals surface area contributed by atoms with Crippen LogP contribution in [0.4, 0.5) is 29.2 Å². The first-order valence-electron chi connectivity index (χ1n) is 16.8. The van der Waals surface area contributed by atoms with Crippen LogP contribution in [0.1, 0.15) is 58.8 Å². The summed E-state index contributed by atoms with van der Waals surface area (Å²) in [5.74, 6) is 0.212. The van der Waals surface area contributed by atoms with Crippen LogP contribution in [0.15, 0.2) is 49.1 Å². The zero-order chi connectivity index (χ0) is 40.6. The van der Waals surface area contributed by atoms with Gasteiger partial charge in [-0.2, -0.15) is 0 Å².